The van der Waals surface area contributed by atoms with Gasteiger partial charge in [0, 0.05) is 31.0 Å². The fraction of sp³-hybridized carbons (Fsp3) is 0.538. The maximum absolute atomic E-state index is 12.4. The van der Waals surface area contributed by atoms with Crippen molar-refractivity contribution in [2.24, 2.45) is 11.8 Å². The number of hydrogen-bond acceptors (Lipinski definition) is 5. The van der Waals surface area contributed by atoms with Crippen LogP contribution in [0.2, 0.25) is 0 Å². The SMILES string of the molecule is Cc1cc(C(=O)N2CCCC(CO)C2)cc(NN)n1. The molecule has 104 valence electrons. The third kappa shape index (κ3) is 3.21. The monoisotopic (exact) mass is 264 g/mol. The lowest BCUT2D eigenvalue weighted by Gasteiger charge is -2.32. The van der Waals surface area contributed by atoms with E-state index >= 15 is 0 Å². The molecule has 0 spiro atoms. The predicted molar refractivity (Wildman–Crippen MR) is 72.5 cm³/mol. The van der Waals surface area contributed by atoms with Crippen molar-refractivity contribution >= 4 is 11.7 Å². The highest BCUT2D eigenvalue weighted by molar-refractivity contribution is 5.95. The summed E-state index contributed by atoms with van der Waals surface area (Å²) in [4.78, 5) is 18.4. The molecule has 2 rings (SSSR count). The number of pyridine rings is 1. The van der Waals surface area contributed by atoms with Crippen LogP contribution in [0.4, 0.5) is 5.82 Å². The number of nitrogens with one attached hydrogen (secondary N) is 1. The van der Waals surface area contributed by atoms with Crippen molar-refractivity contribution in [2.75, 3.05) is 25.1 Å². The number of aryl methyl sites for hydroxylation is 1. The number of likely N-dealkylation sites (tertiary alicyclic amines) is 1. The van der Waals surface area contributed by atoms with Crippen molar-refractivity contribution in [2.45, 2.75) is 19.8 Å². The third-order valence-electron chi connectivity index (χ3n) is 3.41. The van der Waals surface area contributed by atoms with Crippen LogP contribution in [0.25, 0.3) is 0 Å². The second-order valence-corrected chi connectivity index (χ2v) is 4.97. The lowest BCUT2D eigenvalue weighted by atomic mass is 9.98. The molecule has 0 aromatic carbocycles. The van der Waals surface area contributed by atoms with Crippen molar-refractivity contribution in [1.29, 1.82) is 0 Å². The smallest absolute Gasteiger partial charge is 0.254 e. The molecule has 1 atom stereocenters. The van der Waals surface area contributed by atoms with Crippen LogP contribution < -0.4 is 11.3 Å². The van der Waals surface area contributed by atoms with E-state index in [4.69, 9.17) is 5.84 Å². The van der Waals surface area contributed by atoms with E-state index in [2.05, 4.69) is 10.4 Å². The van der Waals surface area contributed by atoms with E-state index in [9.17, 15) is 9.90 Å². The van der Waals surface area contributed by atoms with Gasteiger partial charge in [-0.2, -0.15) is 0 Å². The summed E-state index contributed by atoms with van der Waals surface area (Å²) in [7, 11) is 0. The van der Waals surface area contributed by atoms with Gasteiger partial charge in [-0.1, -0.05) is 0 Å². The van der Waals surface area contributed by atoms with Gasteiger partial charge < -0.3 is 15.4 Å². The minimum atomic E-state index is -0.0276. The van der Waals surface area contributed by atoms with Gasteiger partial charge in [-0.3, -0.25) is 4.79 Å². The zero-order valence-electron chi connectivity index (χ0n) is 11.1. The molecular weight excluding hydrogens is 244 g/mol. The number of rotatable bonds is 3. The minimum Gasteiger partial charge on any atom is -0.396 e. The maximum Gasteiger partial charge on any atom is 0.254 e. The van der Waals surface area contributed by atoms with E-state index < -0.39 is 0 Å². The van der Waals surface area contributed by atoms with Crippen LogP contribution in [0.5, 0.6) is 0 Å². The number of anilines is 1. The van der Waals surface area contributed by atoms with Gasteiger partial charge in [0.1, 0.15) is 5.82 Å². The first-order valence-electron chi connectivity index (χ1n) is 6.49. The third-order valence-corrected chi connectivity index (χ3v) is 3.41. The Labute approximate surface area is 112 Å². The second kappa shape index (κ2) is 5.99. The number of nitrogen functional groups attached to an aromatic ring is 1. The molecule has 1 saturated heterocycles. The zero-order chi connectivity index (χ0) is 13.8. The molecule has 1 aromatic heterocycles. The Bertz CT molecular complexity index is 464. The number of aromatic nitrogens is 1. The number of nitrogens with zero attached hydrogens (tertiary/aromatic N) is 2. The fourth-order valence-electron chi connectivity index (χ4n) is 2.45. The highest BCUT2D eigenvalue weighted by Crippen LogP contribution is 2.19. The summed E-state index contributed by atoms with van der Waals surface area (Å²) in [6.07, 6.45) is 1.91. The number of aliphatic hydroxyl groups excluding tert-OH is 1. The number of amides is 1. The highest BCUT2D eigenvalue weighted by Gasteiger charge is 2.24. The van der Waals surface area contributed by atoms with Crippen LogP contribution in [0.3, 0.4) is 0 Å². The molecule has 1 aromatic rings. The number of piperidine rings is 1. The van der Waals surface area contributed by atoms with Crippen molar-refractivity contribution in [3.63, 3.8) is 0 Å². The predicted octanol–water partition coefficient (Wildman–Crippen LogP) is 0.520. The van der Waals surface area contributed by atoms with E-state index in [0.29, 0.717) is 17.9 Å². The summed E-state index contributed by atoms with van der Waals surface area (Å²) in [6, 6.07) is 3.41. The van der Waals surface area contributed by atoms with Crippen molar-refractivity contribution in [3.8, 4) is 0 Å². The van der Waals surface area contributed by atoms with Gasteiger partial charge in [-0.05, 0) is 37.8 Å². The van der Waals surface area contributed by atoms with Gasteiger partial charge in [0.15, 0.2) is 0 Å². The maximum atomic E-state index is 12.4. The molecule has 1 aliphatic heterocycles. The Morgan fingerprint density at radius 1 is 1.63 bits per heavy atom. The molecule has 1 fully saturated rings. The van der Waals surface area contributed by atoms with Gasteiger partial charge in [0.05, 0.1) is 0 Å². The van der Waals surface area contributed by atoms with Gasteiger partial charge in [0.2, 0.25) is 0 Å². The van der Waals surface area contributed by atoms with Gasteiger partial charge in [0.25, 0.3) is 5.91 Å². The number of hydrazine groups is 1. The van der Waals surface area contributed by atoms with Gasteiger partial charge in [-0.25, -0.2) is 10.8 Å². The number of aliphatic hydroxyl groups is 1. The Kier molecular flexibility index (Phi) is 4.34. The molecule has 1 unspecified atom stereocenters. The minimum absolute atomic E-state index is 0.0276. The van der Waals surface area contributed by atoms with Crippen molar-refractivity contribution in [3.05, 3.63) is 23.4 Å². The summed E-state index contributed by atoms with van der Waals surface area (Å²) in [5, 5.41) is 9.21. The van der Waals surface area contributed by atoms with E-state index in [0.717, 1.165) is 25.1 Å². The number of carbonyl (C=O) groups excluding carboxylic acids is 1. The average molecular weight is 264 g/mol. The van der Waals surface area contributed by atoms with Crippen LogP contribution >= 0.6 is 0 Å². The Morgan fingerprint density at radius 2 is 2.42 bits per heavy atom. The molecule has 4 N–H and O–H groups in total. The molecule has 0 radical (unpaired) electrons. The molecule has 2 heterocycles. The topological polar surface area (TPSA) is 91.5 Å². The van der Waals surface area contributed by atoms with E-state index in [1.165, 1.54) is 0 Å². The molecule has 0 bridgehead atoms. The van der Waals surface area contributed by atoms with Crippen LogP contribution in [0.1, 0.15) is 28.9 Å². The molecule has 0 aliphatic carbocycles. The van der Waals surface area contributed by atoms with Crippen molar-refractivity contribution < 1.29 is 9.90 Å². The average Bonchev–Trinajstić information content (AvgIpc) is 2.45. The largest absolute Gasteiger partial charge is 0.396 e. The Morgan fingerprint density at radius 3 is 3.11 bits per heavy atom. The first kappa shape index (κ1) is 13.8. The van der Waals surface area contributed by atoms with Gasteiger partial charge >= 0.3 is 0 Å². The van der Waals surface area contributed by atoms with Crippen LogP contribution in [-0.4, -0.2) is 40.6 Å². The summed E-state index contributed by atoms with van der Waals surface area (Å²) >= 11 is 0. The molecule has 1 amide bonds. The fourth-order valence-corrected chi connectivity index (χ4v) is 2.45. The summed E-state index contributed by atoms with van der Waals surface area (Å²) in [6.45, 7) is 3.31. The van der Waals surface area contributed by atoms with Crippen molar-refractivity contribution in [1.82, 2.24) is 9.88 Å². The highest BCUT2D eigenvalue weighted by atomic mass is 16.3. The number of carbonyl (C=O) groups is 1. The van der Waals surface area contributed by atoms with E-state index in [-0.39, 0.29) is 18.4 Å². The summed E-state index contributed by atoms with van der Waals surface area (Å²) in [5.41, 5.74) is 3.79. The second-order valence-electron chi connectivity index (χ2n) is 4.97. The Balaban J connectivity index is 2.16. The quantitative estimate of drug-likeness (QED) is 0.547. The lowest BCUT2D eigenvalue weighted by molar-refractivity contribution is 0.0620. The zero-order valence-corrected chi connectivity index (χ0v) is 11.1. The molecular formula is C13H20N4O2. The molecule has 0 saturated carbocycles. The standard InChI is InChI=1S/C13H20N4O2/c1-9-5-11(6-12(15-9)16-14)13(19)17-4-2-3-10(7-17)8-18/h5-6,10,18H,2-4,7-8,14H2,1H3,(H,15,16). The normalized spacial score (nSPS) is 19.3. The van der Waals surface area contributed by atoms with E-state index in [1.54, 1.807) is 17.0 Å². The first-order chi connectivity index (χ1) is 9.13. The molecule has 6 heteroatoms. The molecule has 6 nitrogen and oxygen atoms in total. The van der Waals surface area contributed by atoms with Crippen LogP contribution in [0.15, 0.2) is 12.1 Å². The van der Waals surface area contributed by atoms with E-state index in [1.807, 2.05) is 6.92 Å². The Hall–Kier alpha value is -1.66. The summed E-state index contributed by atoms with van der Waals surface area (Å²) < 4.78 is 0. The molecule has 1 aliphatic rings. The summed E-state index contributed by atoms with van der Waals surface area (Å²) in [5.74, 6) is 5.98. The first-order valence-corrected chi connectivity index (χ1v) is 6.49. The van der Waals surface area contributed by atoms with Crippen LogP contribution in [0, 0.1) is 12.8 Å². The molecule has 19 heavy (non-hydrogen) atoms. The van der Waals surface area contributed by atoms with Crippen LogP contribution in [-0.2, 0) is 0 Å². The number of nitrogens with two attached hydrogens (primary N) is 1. The van der Waals surface area contributed by atoms with Gasteiger partial charge in [-0.15, -0.1) is 0 Å². The number of hydrogen-bond donors (Lipinski definition) is 3. The lowest BCUT2D eigenvalue weighted by Crippen LogP contribution is -2.41.